The first-order valence-electron chi connectivity index (χ1n) is 5.18. The zero-order valence-corrected chi connectivity index (χ0v) is 9.44. The van der Waals surface area contributed by atoms with Crippen LogP contribution in [-0.4, -0.2) is 32.7 Å². The summed E-state index contributed by atoms with van der Waals surface area (Å²) in [6, 6.07) is 7.45. The molecule has 1 rings (SSSR count). The summed E-state index contributed by atoms with van der Waals surface area (Å²) >= 11 is 0. The molecule has 0 saturated carbocycles. The van der Waals surface area contributed by atoms with E-state index < -0.39 is 0 Å². The highest BCUT2D eigenvalue weighted by molar-refractivity contribution is 5.82. The fourth-order valence-electron chi connectivity index (χ4n) is 1.33. The molecule has 0 atom stereocenters. The maximum absolute atomic E-state index is 11.5. The number of hydrogen-bond acceptors (Lipinski definition) is 4. The lowest BCUT2D eigenvalue weighted by Gasteiger charge is -2.04. The molecule has 2 N–H and O–H groups in total. The summed E-state index contributed by atoms with van der Waals surface area (Å²) in [4.78, 5) is 11.5. The third-order valence-electron chi connectivity index (χ3n) is 2.06. The molecule has 0 spiro atoms. The van der Waals surface area contributed by atoms with Crippen molar-refractivity contribution in [2.24, 2.45) is 5.73 Å². The molecule has 4 nitrogen and oxygen atoms in total. The lowest BCUT2D eigenvalue weighted by atomic mass is 10.1. The van der Waals surface area contributed by atoms with Crippen LogP contribution in [0.25, 0.3) is 0 Å². The number of nitrogens with two attached hydrogens (primary N) is 1. The predicted molar refractivity (Wildman–Crippen MR) is 61.6 cm³/mol. The maximum Gasteiger partial charge on any atom is 0.162 e. The van der Waals surface area contributed by atoms with E-state index in [2.05, 4.69) is 0 Å². The van der Waals surface area contributed by atoms with Gasteiger partial charge in [-0.25, -0.2) is 0 Å². The van der Waals surface area contributed by atoms with E-state index in [1.165, 1.54) is 0 Å². The number of ketones is 1. The monoisotopic (exact) mass is 223 g/mol. The molecule has 0 aliphatic heterocycles. The molecule has 0 radical (unpaired) electrons. The van der Waals surface area contributed by atoms with Crippen molar-refractivity contribution in [3.8, 4) is 5.75 Å². The van der Waals surface area contributed by atoms with Crippen LogP contribution in [0.5, 0.6) is 5.75 Å². The van der Waals surface area contributed by atoms with Gasteiger partial charge in [0.25, 0.3) is 0 Å². The SMILES string of the molecule is COc1cccc(CC(=O)COCCN)c1. The molecule has 0 saturated heterocycles. The Hall–Kier alpha value is -1.39. The summed E-state index contributed by atoms with van der Waals surface area (Å²) in [7, 11) is 1.60. The van der Waals surface area contributed by atoms with Gasteiger partial charge >= 0.3 is 0 Å². The van der Waals surface area contributed by atoms with Gasteiger partial charge in [-0.3, -0.25) is 4.79 Å². The second-order valence-corrected chi connectivity index (χ2v) is 3.41. The van der Waals surface area contributed by atoms with E-state index >= 15 is 0 Å². The van der Waals surface area contributed by atoms with Gasteiger partial charge in [0, 0.05) is 13.0 Å². The van der Waals surface area contributed by atoms with E-state index in [4.69, 9.17) is 15.2 Å². The van der Waals surface area contributed by atoms with Gasteiger partial charge in [-0.05, 0) is 17.7 Å². The first kappa shape index (κ1) is 12.7. The van der Waals surface area contributed by atoms with E-state index in [0.717, 1.165) is 11.3 Å². The molecular formula is C12H17NO3. The standard InChI is InChI=1S/C12H17NO3/c1-15-12-4-2-3-10(8-12)7-11(14)9-16-6-5-13/h2-4,8H,5-7,9,13H2,1H3. The zero-order valence-electron chi connectivity index (χ0n) is 9.44. The topological polar surface area (TPSA) is 61.5 Å². The van der Waals surface area contributed by atoms with E-state index in [1.807, 2.05) is 24.3 Å². The van der Waals surface area contributed by atoms with Crippen molar-refractivity contribution in [3.63, 3.8) is 0 Å². The average molecular weight is 223 g/mol. The van der Waals surface area contributed by atoms with E-state index in [0.29, 0.717) is 19.6 Å². The molecule has 0 amide bonds. The molecule has 88 valence electrons. The number of methoxy groups -OCH3 is 1. The summed E-state index contributed by atoms with van der Waals surface area (Å²) < 4.78 is 10.1. The Bertz CT molecular complexity index is 339. The number of carbonyl (C=O) groups is 1. The molecule has 0 heterocycles. The molecule has 1 aromatic carbocycles. The fraction of sp³-hybridized carbons (Fsp3) is 0.417. The van der Waals surface area contributed by atoms with Gasteiger partial charge in [0.2, 0.25) is 0 Å². The highest BCUT2D eigenvalue weighted by atomic mass is 16.5. The van der Waals surface area contributed by atoms with Crippen LogP contribution in [0.4, 0.5) is 0 Å². The summed E-state index contributed by atoms with van der Waals surface area (Å²) in [5.74, 6) is 0.801. The summed E-state index contributed by atoms with van der Waals surface area (Å²) in [6.45, 7) is 0.977. The lowest BCUT2D eigenvalue weighted by Crippen LogP contribution is -2.16. The predicted octanol–water partition coefficient (Wildman–Crippen LogP) is 0.782. The number of ether oxygens (including phenoxy) is 2. The van der Waals surface area contributed by atoms with Crippen LogP contribution in [0.15, 0.2) is 24.3 Å². The summed E-state index contributed by atoms with van der Waals surface area (Å²) in [5.41, 5.74) is 6.18. The second-order valence-electron chi connectivity index (χ2n) is 3.41. The Morgan fingerprint density at radius 2 is 2.25 bits per heavy atom. The molecule has 0 unspecified atom stereocenters. The number of Topliss-reactive ketones (excluding diaryl/α,β-unsaturated/α-hetero) is 1. The van der Waals surface area contributed by atoms with Crippen LogP contribution in [0.2, 0.25) is 0 Å². The van der Waals surface area contributed by atoms with Gasteiger partial charge in [-0.1, -0.05) is 12.1 Å². The van der Waals surface area contributed by atoms with Crippen LogP contribution in [0, 0.1) is 0 Å². The molecule has 0 bridgehead atoms. The van der Waals surface area contributed by atoms with Gasteiger partial charge in [-0.2, -0.15) is 0 Å². The molecule has 16 heavy (non-hydrogen) atoms. The number of benzene rings is 1. The van der Waals surface area contributed by atoms with Crippen molar-refractivity contribution in [1.82, 2.24) is 0 Å². The van der Waals surface area contributed by atoms with Crippen molar-refractivity contribution >= 4 is 5.78 Å². The van der Waals surface area contributed by atoms with E-state index in [9.17, 15) is 4.79 Å². The smallest absolute Gasteiger partial charge is 0.162 e. The summed E-state index contributed by atoms with van der Waals surface area (Å²) in [6.07, 6.45) is 0.363. The zero-order chi connectivity index (χ0) is 11.8. The van der Waals surface area contributed by atoms with Crippen LogP contribution in [0.3, 0.4) is 0 Å². The largest absolute Gasteiger partial charge is 0.497 e. The first-order chi connectivity index (χ1) is 7.76. The van der Waals surface area contributed by atoms with E-state index in [1.54, 1.807) is 7.11 Å². The van der Waals surface area contributed by atoms with Gasteiger partial charge in [0.1, 0.15) is 12.4 Å². The first-order valence-corrected chi connectivity index (χ1v) is 5.18. The molecular weight excluding hydrogens is 206 g/mol. The van der Waals surface area contributed by atoms with Crippen molar-refractivity contribution < 1.29 is 14.3 Å². The van der Waals surface area contributed by atoms with Crippen molar-refractivity contribution in [1.29, 1.82) is 0 Å². The van der Waals surface area contributed by atoms with Crippen molar-refractivity contribution in [2.45, 2.75) is 6.42 Å². The third kappa shape index (κ3) is 4.42. The summed E-state index contributed by atoms with van der Waals surface area (Å²) in [5, 5.41) is 0. The molecule has 4 heteroatoms. The highest BCUT2D eigenvalue weighted by Crippen LogP contribution is 2.13. The molecule has 0 aliphatic carbocycles. The molecule has 1 aromatic rings. The number of rotatable bonds is 7. The third-order valence-corrected chi connectivity index (χ3v) is 2.06. The van der Waals surface area contributed by atoms with Gasteiger partial charge in [0.15, 0.2) is 5.78 Å². The normalized spacial score (nSPS) is 10.1. The molecule has 0 aromatic heterocycles. The average Bonchev–Trinajstić information content (AvgIpc) is 2.29. The minimum Gasteiger partial charge on any atom is -0.497 e. The van der Waals surface area contributed by atoms with Crippen LogP contribution < -0.4 is 10.5 Å². The van der Waals surface area contributed by atoms with Crippen LogP contribution in [0.1, 0.15) is 5.56 Å². The highest BCUT2D eigenvalue weighted by Gasteiger charge is 2.04. The number of hydrogen-bond donors (Lipinski definition) is 1. The fourth-order valence-corrected chi connectivity index (χ4v) is 1.33. The number of carbonyl (C=O) groups excluding carboxylic acids is 1. The Morgan fingerprint density at radius 3 is 2.94 bits per heavy atom. The van der Waals surface area contributed by atoms with Gasteiger partial charge in [-0.15, -0.1) is 0 Å². The molecule has 0 fully saturated rings. The second kappa shape index (κ2) is 6.98. The van der Waals surface area contributed by atoms with Crippen molar-refractivity contribution in [3.05, 3.63) is 29.8 Å². The minimum absolute atomic E-state index is 0.0432. The Morgan fingerprint density at radius 1 is 1.44 bits per heavy atom. The Labute approximate surface area is 95.3 Å². The Kier molecular flexibility index (Phi) is 5.53. The minimum atomic E-state index is 0.0432. The maximum atomic E-state index is 11.5. The lowest BCUT2D eigenvalue weighted by molar-refractivity contribution is -0.122. The van der Waals surface area contributed by atoms with Crippen LogP contribution >= 0.6 is 0 Å². The quantitative estimate of drug-likeness (QED) is 0.694. The van der Waals surface area contributed by atoms with E-state index in [-0.39, 0.29) is 12.4 Å². The van der Waals surface area contributed by atoms with Crippen LogP contribution in [-0.2, 0) is 16.0 Å². The van der Waals surface area contributed by atoms with Gasteiger partial charge in [0.05, 0.1) is 13.7 Å². The molecule has 0 aliphatic rings. The Balaban J connectivity index is 2.43. The van der Waals surface area contributed by atoms with Crippen molar-refractivity contribution in [2.75, 3.05) is 26.9 Å². The van der Waals surface area contributed by atoms with Gasteiger partial charge < -0.3 is 15.2 Å².